The number of benzene rings is 2. The summed E-state index contributed by atoms with van der Waals surface area (Å²) >= 11 is 0. The van der Waals surface area contributed by atoms with E-state index in [0.29, 0.717) is 11.5 Å². The van der Waals surface area contributed by atoms with E-state index in [9.17, 15) is 8.78 Å². The fourth-order valence-electron chi connectivity index (χ4n) is 2.96. The van der Waals surface area contributed by atoms with E-state index in [1.165, 1.54) is 12.1 Å². The summed E-state index contributed by atoms with van der Waals surface area (Å²) in [5.74, 6) is -1.34. The van der Waals surface area contributed by atoms with Crippen molar-refractivity contribution < 1.29 is 13.5 Å². The van der Waals surface area contributed by atoms with Crippen molar-refractivity contribution in [3.05, 3.63) is 77.1 Å². The van der Waals surface area contributed by atoms with Crippen molar-refractivity contribution in [3.8, 4) is 11.4 Å². The maximum absolute atomic E-state index is 14.2. The lowest BCUT2D eigenvalue weighted by Gasteiger charge is -2.11. The Labute approximate surface area is 144 Å². The number of ether oxygens (including phenoxy) is 1. The molecule has 2 aromatic carbocycles. The van der Waals surface area contributed by atoms with Gasteiger partial charge in [0, 0.05) is 0 Å². The molecule has 4 rings (SSSR count). The predicted molar refractivity (Wildman–Crippen MR) is 91.0 cm³/mol. The first-order valence-electron chi connectivity index (χ1n) is 8.34. The Bertz CT molecular complexity index is 878. The SMILES string of the molecule is Cc1cc(COc2c(F)cc(C3CC3)cc2F)n(-c2ccccc2)n1. The number of aromatic nitrogens is 2. The monoisotopic (exact) mass is 340 g/mol. The Balaban J connectivity index is 1.58. The number of halogens is 2. The van der Waals surface area contributed by atoms with E-state index in [-0.39, 0.29) is 12.4 Å². The van der Waals surface area contributed by atoms with Gasteiger partial charge in [-0.15, -0.1) is 0 Å². The van der Waals surface area contributed by atoms with Gasteiger partial charge in [0.15, 0.2) is 17.4 Å². The van der Waals surface area contributed by atoms with Gasteiger partial charge in [0.2, 0.25) is 0 Å². The number of nitrogens with zero attached hydrogens (tertiary/aromatic N) is 2. The summed E-state index contributed by atoms with van der Waals surface area (Å²) in [5.41, 5.74) is 3.13. The van der Waals surface area contributed by atoms with Crippen LogP contribution in [0, 0.1) is 18.6 Å². The molecule has 1 aromatic heterocycles. The van der Waals surface area contributed by atoms with Gasteiger partial charge in [-0.2, -0.15) is 5.10 Å². The highest BCUT2D eigenvalue weighted by Crippen LogP contribution is 2.41. The predicted octanol–water partition coefficient (Wildman–Crippen LogP) is 4.92. The number of hydrogen-bond donors (Lipinski definition) is 0. The standard InChI is InChI=1S/C20H18F2N2O/c1-13-9-17(24(23-13)16-5-3-2-4-6-16)12-25-20-18(21)10-15(11-19(20)22)14-7-8-14/h2-6,9-11,14H,7-8,12H2,1H3. The molecule has 0 bridgehead atoms. The van der Waals surface area contributed by atoms with Gasteiger partial charge in [0.05, 0.1) is 17.1 Å². The topological polar surface area (TPSA) is 27.1 Å². The van der Waals surface area contributed by atoms with Crippen molar-refractivity contribution in [2.75, 3.05) is 0 Å². The largest absolute Gasteiger partial charge is 0.481 e. The van der Waals surface area contributed by atoms with Crippen LogP contribution in [0.3, 0.4) is 0 Å². The molecule has 5 heteroatoms. The molecule has 128 valence electrons. The normalized spacial score (nSPS) is 13.9. The second-order valence-corrected chi connectivity index (χ2v) is 6.40. The zero-order chi connectivity index (χ0) is 17.4. The smallest absolute Gasteiger partial charge is 0.191 e. The Morgan fingerprint density at radius 3 is 2.40 bits per heavy atom. The van der Waals surface area contributed by atoms with Gasteiger partial charge in [0.1, 0.15) is 6.61 Å². The number of hydrogen-bond acceptors (Lipinski definition) is 2. The van der Waals surface area contributed by atoms with Crippen LogP contribution in [-0.4, -0.2) is 9.78 Å². The van der Waals surface area contributed by atoms with Gasteiger partial charge < -0.3 is 4.74 Å². The van der Waals surface area contributed by atoms with Gasteiger partial charge in [-0.25, -0.2) is 13.5 Å². The molecule has 0 spiro atoms. The van der Waals surface area contributed by atoms with Crippen LogP contribution < -0.4 is 4.74 Å². The van der Waals surface area contributed by atoms with Gasteiger partial charge in [-0.1, -0.05) is 18.2 Å². The lowest BCUT2D eigenvalue weighted by atomic mass is 10.1. The van der Waals surface area contributed by atoms with E-state index >= 15 is 0 Å². The van der Waals surface area contributed by atoms with Crippen molar-refractivity contribution in [1.29, 1.82) is 0 Å². The van der Waals surface area contributed by atoms with Crippen molar-refractivity contribution >= 4 is 0 Å². The second kappa shape index (κ2) is 6.31. The Hall–Kier alpha value is -2.69. The Kier molecular flexibility index (Phi) is 3.99. The van der Waals surface area contributed by atoms with Crippen molar-refractivity contribution in [1.82, 2.24) is 9.78 Å². The average Bonchev–Trinajstić information content (AvgIpc) is 3.38. The molecule has 1 heterocycles. The van der Waals surface area contributed by atoms with E-state index in [4.69, 9.17) is 4.74 Å². The van der Waals surface area contributed by atoms with Crippen molar-refractivity contribution in [2.45, 2.75) is 32.3 Å². The molecule has 0 N–H and O–H groups in total. The van der Waals surface area contributed by atoms with E-state index in [1.54, 1.807) is 4.68 Å². The molecule has 1 aliphatic rings. The van der Waals surface area contributed by atoms with Crippen LogP contribution in [0.15, 0.2) is 48.5 Å². The average molecular weight is 340 g/mol. The molecular weight excluding hydrogens is 322 g/mol. The van der Waals surface area contributed by atoms with Gasteiger partial charge in [-0.05, 0) is 61.6 Å². The van der Waals surface area contributed by atoms with Gasteiger partial charge in [-0.3, -0.25) is 0 Å². The second-order valence-electron chi connectivity index (χ2n) is 6.40. The molecule has 3 nitrogen and oxygen atoms in total. The zero-order valence-corrected chi connectivity index (χ0v) is 13.9. The minimum Gasteiger partial charge on any atom is -0.481 e. The van der Waals surface area contributed by atoms with Gasteiger partial charge >= 0.3 is 0 Å². The van der Waals surface area contributed by atoms with Crippen molar-refractivity contribution in [2.24, 2.45) is 0 Å². The first-order chi connectivity index (χ1) is 12.1. The van der Waals surface area contributed by atoms with E-state index in [2.05, 4.69) is 5.10 Å². The third kappa shape index (κ3) is 3.27. The summed E-state index contributed by atoms with van der Waals surface area (Å²) in [6.07, 6.45) is 1.99. The molecule has 0 saturated heterocycles. The maximum Gasteiger partial charge on any atom is 0.191 e. The fourth-order valence-corrected chi connectivity index (χ4v) is 2.96. The summed E-state index contributed by atoms with van der Waals surface area (Å²) in [4.78, 5) is 0. The third-order valence-corrected chi connectivity index (χ3v) is 4.34. The van der Waals surface area contributed by atoms with Gasteiger partial charge in [0.25, 0.3) is 0 Å². The maximum atomic E-state index is 14.2. The number of rotatable bonds is 5. The molecule has 0 aliphatic heterocycles. The third-order valence-electron chi connectivity index (χ3n) is 4.34. The first kappa shape index (κ1) is 15.8. The highest BCUT2D eigenvalue weighted by Gasteiger charge is 2.26. The molecule has 1 aliphatic carbocycles. The summed E-state index contributed by atoms with van der Waals surface area (Å²) in [5, 5.41) is 4.43. The summed E-state index contributed by atoms with van der Waals surface area (Å²) in [6, 6.07) is 14.2. The van der Waals surface area contributed by atoms with Crippen LogP contribution in [0.2, 0.25) is 0 Å². The summed E-state index contributed by atoms with van der Waals surface area (Å²) < 4.78 is 35.7. The molecule has 0 unspecified atom stereocenters. The minimum atomic E-state index is -0.649. The molecule has 25 heavy (non-hydrogen) atoms. The Morgan fingerprint density at radius 1 is 1.08 bits per heavy atom. The lowest BCUT2D eigenvalue weighted by molar-refractivity contribution is 0.267. The van der Waals surface area contributed by atoms with Crippen LogP contribution in [-0.2, 0) is 6.61 Å². The minimum absolute atomic E-state index is 0.0341. The zero-order valence-electron chi connectivity index (χ0n) is 13.9. The molecular formula is C20H18F2N2O. The highest BCUT2D eigenvalue weighted by molar-refractivity contribution is 5.36. The summed E-state index contributed by atoms with van der Waals surface area (Å²) in [6.45, 7) is 1.90. The van der Waals surface area contributed by atoms with Crippen LogP contribution in [0.1, 0.15) is 35.7 Å². The quantitative estimate of drug-likeness (QED) is 0.659. The molecule has 0 amide bonds. The fraction of sp³-hybridized carbons (Fsp3) is 0.250. The van der Waals surface area contributed by atoms with E-state index in [0.717, 1.165) is 29.9 Å². The van der Waals surface area contributed by atoms with Crippen LogP contribution in [0.5, 0.6) is 5.75 Å². The van der Waals surface area contributed by atoms with Crippen LogP contribution >= 0.6 is 0 Å². The highest BCUT2D eigenvalue weighted by atomic mass is 19.1. The van der Waals surface area contributed by atoms with E-state index in [1.807, 2.05) is 43.3 Å². The summed E-state index contributed by atoms with van der Waals surface area (Å²) in [7, 11) is 0. The Morgan fingerprint density at radius 2 is 1.76 bits per heavy atom. The number of para-hydroxylation sites is 1. The molecule has 3 aromatic rings. The molecule has 1 saturated carbocycles. The van der Waals surface area contributed by atoms with E-state index < -0.39 is 11.6 Å². The number of aryl methyl sites for hydroxylation is 1. The first-order valence-corrected chi connectivity index (χ1v) is 8.34. The lowest BCUT2D eigenvalue weighted by Crippen LogP contribution is -2.07. The molecule has 1 fully saturated rings. The van der Waals surface area contributed by atoms with Crippen molar-refractivity contribution in [3.63, 3.8) is 0 Å². The molecule has 0 atom stereocenters. The van der Waals surface area contributed by atoms with Crippen LogP contribution in [0.4, 0.5) is 8.78 Å². The van der Waals surface area contributed by atoms with Crippen LogP contribution in [0.25, 0.3) is 5.69 Å². The molecule has 0 radical (unpaired) electrons.